The molecule has 1 heterocycles. The number of aryl methyl sites for hydroxylation is 1. The smallest absolute Gasteiger partial charge is 0.219 e. The van der Waals surface area contributed by atoms with Gasteiger partial charge >= 0.3 is 0 Å². The molecule has 0 saturated heterocycles. The molecule has 0 amide bonds. The van der Waals surface area contributed by atoms with Gasteiger partial charge in [0.25, 0.3) is 0 Å². The molecule has 0 spiro atoms. The van der Waals surface area contributed by atoms with Gasteiger partial charge < -0.3 is 10.1 Å². The first-order valence-electron chi connectivity index (χ1n) is 5.73. The predicted octanol–water partition coefficient (Wildman–Crippen LogP) is 3.56. The van der Waals surface area contributed by atoms with E-state index >= 15 is 0 Å². The van der Waals surface area contributed by atoms with Gasteiger partial charge in [0.2, 0.25) is 5.88 Å². The second-order valence-corrected chi connectivity index (χ2v) is 4.42. The van der Waals surface area contributed by atoms with E-state index in [0.717, 1.165) is 16.9 Å². The van der Waals surface area contributed by atoms with Gasteiger partial charge in [-0.25, -0.2) is 4.98 Å². The summed E-state index contributed by atoms with van der Waals surface area (Å²) in [4.78, 5) is 4.18. The first-order valence-corrected chi connectivity index (χ1v) is 6.11. The van der Waals surface area contributed by atoms with Crippen molar-refractivity contribution in [3.8, 4) is 11.6 Å². The van der Waals surface area contributed by atoms with Crippen LogP contribution in [0.1, 0.15) is 11.1 Å². The van der Waals surface area contributed by atoms with Gasteiger partial charge in [0, 0.05) is 18.8 Å². The van der Waals surface area contributed by atoms with Crippen LogP contribution >= 0.6 is 11.6 Å². The minimum absolute atomic E-state index is 0.555. The van der Waals surface area contributed by atoms with Gasteiger partial charge in [0.1, 0.15) is 5.75 Å². The van der Waals surface area contributed by atoms with Crippen molar-refractivity contribution in [1.82, 2.24) is 10.3 Å². The Bertz CT molecular complexity index is 543. The second kappa shape index (κ2) is 5.85. The summed E-state index contributed by atoms with van der Waals surface area (Å²) in [5, 5.41) is 3.70. The molecule has 0 aliphatic carbocycles. The van der Waals surface area contributed by atoms with Crippen molar-refractivity contribution < 1.29 is 4.74 Å². The average Bonchev–Trinajstić information content (AvgIpc) is 2.36. The number of halogens is 1. The molecule has 1 aromatic heterocycles. The molecule has 3 nitrogen and oxygen atoms in total. The first kappa shape index (κ1) is 12.9. The topological polar surface area (TPSA) is 34.1 Å². The second-order valence-electron chi connectivity index (χ2n) is 4.01. The SMILES string of the molecule is CNCc1cc(Oc2ccccc2C)ncc1Cl. The van der Waals surface area contributed by atoms with Crippen LogP contribution in [0.2, 0.25) is 5.02 Å². The van der Waals surface area contributed by atoms with Gasteiger partial charge in [-0.3, -0.25) is 0 Å². The number of ether oxygens (including phenoxy) is 1. The molecular weight excluding hydrogens is 248 g/mol. The molecule has 18 heavy (non-hydrogen) atoms. The molecular formula is C14H15ClN2O. The fourth-order valence-electron chi connectivity index (χ4n) is 1.62. The lowest BCUT2D eigenvalue weighted by Crippen LogP contribution is -2.06. The minimum Gasteiger partial charge on any atom is -0.439 e. The molecule has 4 heteroatoms. The van der Waals surface area contributed by atoms with Crippen molar-refractivity contribution in [1.29, 1.82) is 0 Å². The number of pyridine rings is 1. The molecule has 2 rings (SSSR count). The van der Waals surface area contributed by atoms with E-state index in [0.29, 0.717) is 17.4 Å². The van der Waals surface area contributed by atoms with E-state index in [2.05, 4.69) is 10.3 Å². The van der Waals surface area contributed by atoms with Crippen molar-refractivity contribution in [3.05, 3.63) is 52.7 Å². The highest BCUT2D eigenvalue weighted by molar-refractivity contribution is 6.31. The van der Waals surface area contributed by atoms with Crippen LogP contribution in [0.3, 0.4) is 0 Å². The van der Waals surface area contributed by atoms with Crippen LogP contribution in [-0.4, -0.2) is 12.0 Å². The highest BCUT2D eigenvalue weighted by Gasteiger charge is 2.06. The molecule has 94 valence electrons. The monoisotopic (exact) mass is 262 g/mol. The van der Waals surface area contributed by atoms with Gasteiger partial charge in [0.15, 0.2) is 0 Å². The molecule has 0 aliphatic heterocycles. The van der Waals surface area contributed by atoms with E-state index in [4.69, 9.17) is 16.3 Å². The highest BCUT2D eigenvalue weighted by atomic mass is 35.5. The van der Waals surface area contributed by atoms with Crippen LogP contribution in [0, 0.1) is 6.92 Å². The number of rotatable bonds is 4. The Morgan fingerprint density at radius 3 is 2.83 bits per heavy atom. The molecule has 0 radical (unpaired) electrons. The molecule has 2 aromatic rings. The van der Waals surface area contributed by atoms with E-state index in [9.17, 15) is 0 Å². The fourth-order valence-corrected chi connectivity index (χ4v) is 1.79. The zero-order valence-corrected chi connectivity index (χ0v) is 11.2. The molecule has 0 aliphatic rings. The number of nitrogens with one attached hydrogen (secondary N) is 1. The zero-order chi connectivity index (χ0) is 13.0. The van der Waals surface area contributed by atoms with E-state index in [-0.39, 0.29) is 0 Å². The Hall–Kier alpha value is -1.58. The third-order valence-corrected chi connectivity index (χ3v) is 2.93. The lowest BCUT2D eigenvalue weighted by molar-refractivity contribution is 0.458. The van der Waals surface area contributed by atoms with Gasteiger partial charge in [-0.05, 0) is 31.2 Å². The van der Waals surface area contributed by atoms with Gasteiger partial charge in [-0.2, -0.15) is 0 Å². The first-order chi connectivity index (χ1) is 8.70. The van der Waals surface area contributed by atoms with Crippen molar-refractivity contribution >= 4 is 11.6 Å². The van der Waals surface area contributed by atoms with E-state index in [1.165, 1.54) is 0 Å². The van der Waals surface area contributed by atoms with Crippen LogP contribution in [-0.2, 0) is 6.54 Å². The van der Waals surface area contributed by atoms with Crippen molar-refractivity contribution in [3.63, 3.8) is 0 Å². The van der Waals surface area contributed by atoms with Crippen molar-refractivity contribution in [2.45, 2.75) is 13.5 Å². The zero-order valence-electron chi connectivity index (χ0n) is 10.4. The molecule has 0 fully saturated rings. The van der Waals surface area contributed by atoms with Crippen molar-refractivity contribution in [2.24, 2.45) is 0 Å². The van der Waals surface area contributed by atoms with E-state index < -0.39 is 0 Å². The summed E-state index contributed by atoms with van der Waals surface area (Å²) in [6.07, 6.45) is 1.61. The number of hydrogen-bond acceptors (Lipinski definition) is 3. The quantitative estimate of drug-likeness (QED) is 0.915. The Balaban J connectivity index is 2.24. The number of aromatic nitrogens is 1. The van der Waals surface area contributed by atoms with E-state index in [1.807, 2.05) is 44.3 Å². The summed E-state index contributed by atoms with van der Waals surface area (Å²) in [5.41, 5.74) is 2.04. The normalized spacial score (nSPS) is 10.4. The third-order valence-electron chi connectivity index (χ3n) is 2.58. The third kappa shape index (κ3) is 3.00. The summed E-state index contributed by atoms with van der Waals surface area (Å²) in [7, 11) is 1.87. The summed E-state index contributed by atoms with van der Waals surface area (Å²) in [6.45, 7) is 2.69. The summed E-state index contributed by atoms with van der Waals surface area (Å²) in [5.74, 6) is 1.36. The summed E-state index contributed by atoms with van der Waals surface area (Å²) >= 11 is 6.05. The Kier molecular flexibility index (Phi) is 4.18. The average molecular weight is 263 g/mol. The van der Waals surface area contributed by atoms with Gasteiger partial charge in [-0.1, -0.05) is 29.8 Å². The number of hydrogen-bond donors (Lipinski definition) is 1. The highest BCUT2D eigenvalue weighted by Crippen LogP contribution is 2.25. The van der Waals surface area contributed by atoms with Crippen molar-refractivity contribution in [2.75, 3.05) is 7.05 Å². The van der Waals surface area contributed by atoms with Gasteiger partial charge in [0.05, 0.1) is 5.02 Å². The Morgan fingerprint density at radius 1 is 1.33 bits per heavy atom. The van der Waals surface area contributed by atoms with Crippen LogP contribution in [0.5, 0.6) is 11.6 Å². The number of nitrogens with zero attached hydrogens (tertiary/aromatic N) is 1. The molecule has 0 bridgehead atoms. The standard InChI is InChI=1S/C14H15ClN2O/c1-10-5-3-4-6-13(10)18-14-7-11(8-16-2)12(15)9-17-14/h3-7,9,16H,8H2,1-2H3. The largest absolute Gasteiger partial charge is 0.439 e. The van der Waals surface area contributed by atoms with Crippen LogP contribution < -0.4 is 10.1 Å². The minimum atomic E-state index is 0.555. The number of para-hydroxylation sites is 1. The summed E-state index contributed by atoms with van der Waals surface area (Å²) < 4.78 is 5.75. The van der Waals surface area contributed by atoms with Gasteiger partial charge in [-0.15, -0.1) is 0 Å². The van der Waals surface area contributed by atoms with E-state index in [1.54, 1.807) is 6.20 Å². The van der Waals surface area contributed by atoms with Crippen LogP contribution in [0.4, 0.5) is 0 Å². The Labute approximate surface area is 112 Å². The maximum atomic E-state index is 6.05. The fraction of sp³-hybridized carbons (Fsp3) is 0.214. The molecule has 1 N–H and O–H groups in total. The molecule has 0 saturated carbocycles. The van der Waals surface area contributed by atoms with Crippen LogP contribution in [0.25, 0.3) is 0 Å². The predicted molar refractivity (Wildman–Crippen MR) is 73.3 cm³/mol. The Morgan fingerprint density at radius 2 is 2.11 bits per heavy atom. The maximum Gasteiger partial charge on any atom is 0.219 e. The lowest BCUT2D eigenvalue weighted by Gasteiger charge is -2.09. The molecule has 0 atom stereocenters. The maximum absolute atomic E-state index is 6.05. The summed E-state index contributed by atoms with van der Waals surface area (Å²) in [6, 6.07) is 9.69. The van der Waals surface area contributed by atoms with Crippen LogP contribution in [0.15, 0.2) is 36.5 Å². The molecule has 1 aromatic carbocycles. The number of benzene rings is 1. The lowest BCUT2D eigenvalue weighted by atomic mass is 10.2. The molecule has 0 unspecified atom stereocenters.